The molecule has 1 aliphatic rings. The molecule has 2 aromatic heterocycles. The molecule has 0 bridgehead atoms. The second-order valence-corrected chi connectivity index (χ2v) is 6.01. The molecule has 1 fully saturated rings. The number of anilines is 1. The first kappa shape index (κ1) is 15.2. The molecule has 1 atom stereocenters. The normalized spacial score (nSPS) is 19.4. The van der Waals surface area contributed by atoms with Gasteiger partial charge < -0.3 is 15.3 Å². The lowest BCUT2D eigenvalue weighted by atomic mass is 9.99. The minimum absolute atomic E-state index is 0.320. The van der Waals surface area contributed by atoms with Crippen molar-refractivity contribution in [1.82, 2.24) is 14.9 Å². The highest BCUT2D eigenvalue weighted by Crippen LogP contribution is 2.18. The molecule has 5 nitrogen and oxygen atoms in total. The molecule has 2 aromatic rings. The number of nitrogens with one attached hydrogen (secondary N) is 1. The van der Waals surface area contributed by atoms with Crippen LogP contribution in [0.3, 0.4) is 0 Å². The SMILES string of the molecule is OCC1CCCN(CCCNc2nccc3cccnc23)C1. The third-order valence-corrected chi connectivity index (χ3v) is 4.33. The third-order valence-electron chi connectivity index (χ3n) is 4.33. The topological polar surface area (TPSA) is 61.3 Å². The van der Waals surface area contributed by atoms with E-state index in [1.54, 1.807) is 6.20 Å². The summed E-state index contributed by atoms with van der Waals surface area (Å²) < 4.78 is 0. The molecule has 0 aliphatic carbocycles. The van der Waals surface area contributed by atoms with E-state index in [2.05, 4.69) is 26.3 Å². The van der Waals surface area contributed by atoms with Crippen molar-refractivity contribution in [3.05, 3.63) is 30.6 Å². The zero-order valence-corrected chi connectivity index (χ0v) is 12.9. The zero-order chi connectivity index (χ0) is 15.2. The number of hydrogen-bond donors (Lipinski definition) is 2. The summed E-state index contributed by atoms with van der Waals surface area (Å²) in [5, 5.41) is 13.8. The van der Waals surface area contributed by atoms with Gasteiger partial charge in [-0.1, -0.05) is 6.07 Å². The second kappa shape index (κ2) is 7.51. The minimum atomic E-state index is 0.320. The number of rotatable bonds is 6. The Bertz CT molecular complexity index is 599. The first-order valence-corrected chi connectivity index (χ1v) is 8.13. The van der Waals surface area contributed by atoms with Crippen molar-refractivity contribution in [1.29, 1.82) is 0 Å². The quantitative estimate of drug-likeness (QED) is 0.800. The standard InChI is InChI=1S/C17H24N4O/c22-13-14-4-2-10-21(12-14)11-3-8-19-17-16-15(6-9-20-17)5-1-7-18-16/h1,5-7,9,14,22H,2-4,8,10-13H2,(H,19,20). The Morgan fingerprint density at radius 2 is 2.23 bits per heavy atom. The molecule has 5 heteroatoms. The van der Waals surface area contributed by atoms with E-state index in [4.69, 9.17) is 0 Å². The molecular weight excluding hydrogens is 276 g/mol. The lowest BCUT2D eigenvalue weighted by Crippen LogP contribution is -2.37. The van der Waals surface area contributed by atoms with E-state index in [1.807, 2.05) is 18.3 Å². The second-order valence-electron chi connectivity index (χ2n) is 6.01. The maximum Gasteiger partial charge on any atom is 0.152 e. The van der Waals surface area contributed by atoms with Gasteiger partial charge in [-0.25, -0.2) is 4.98 Å². The third kappa shape index (κ3) is 3.72. The number of likely N-dealkylation sites (tertiary alicyclic amines) is 1. The predicted molar refractivity (Wildman–Crippen MR) is 88.9 cm³/mol. The van der Waals surface area contributed by atoms with Gasteiger partial charge in [-0.3, -0.25) is 4.98 Å². The first-order chi connectivity index (χ1) is 10.9. The molecule has 3 rings (SSSR count). The lowest BCUT2D eigenvalue weighted by Gasteiger charge is -2.31. The van der Waals surface area contributed by atoms with E-state index in [0.29, 0.717) is 12.5 Å². The molecule has 1 unspecified atom stereocenters. The predicted octanol–water partition coefficient (Wildman–Crippen LogP) is 2.14. The Morgan fingerprint density at radius 3 is 3.14 bits per heavy atom. The van der Waals surface area contributed by atoms with Crippen LogP contribution in [0.4, 0.5) is 5.82 Å². The molecule has 0 aromatic carbocycles. The lowest BCUT2D eigenvalue weighted by molar-refractivity contribution is 0.120. The summed E-state index contributed by atoms with van der Waals surface area (Å²) in [7, 11) is 0. The van der Waals surface area contributed by atoms with Crippen LogP contribution in [-0.4, -0.2) is 52.8 Å². The van der Waals surface area contributed by atoms with Crippen LogP contribution in [0.25, 0.3) is 10.9 Å². The van der Waals surface area contributed by atoms with Gasteiger partial charge in [0.25, 0.3) is 0 Å². The largest absolute Gasteiger partial charge is 0.396 e. The van der Waals surface area contributed by atoms with E-state index in [9.17, 15) is 5.11 Å². The van der Waals surface area contributed by atoms with Gasteiger partial charge in [0.15, 0.2) is 5.82 Å². The fourth-order valence-corrected chi connectivity index (χ4v) is 3.15. The van der Waals surface area contributed by atoms with Crippen LogP contribution in [0.5, 0.6) is 0 Å². The number of pyridine rings is 2. The summed E-state index contributed by atoms with van der Waals surface area (Å²) in [6.07, 6.45) is 7.06. The van der Waals surface area contributed by atoms with Gasteiger partial charge in [0, 0.05) is 37.5 Å². The van der Waals surface area contributed by atoms with E-state index < -0.39 is 0 Å². The van der Waals surface area contributed by atoms with Gasteiger partial charge in [-0.15, -0.1) is 0 Å². The van der Waals surface area contributed by atoms with Crippen LogP contribution in [0, 0.1) is 5.92 Å². The number of nitrogens with zero attached hydrogens (tertiary/aromatic N) is 3. The molecule has 0 amide bonds. The number of fused-ring (bicyclic) bond motifs is 1. The fraction of sp³-hybridized carbons (Fsp3) is 0.529. The molecule has 0 radical (unpaired) electrons. The molecule has 2 N–H and O–H groups in total. The molecule has 0 spiro atoms. The van der Waals surface area contributed by atoms with E-state index in [1.165, 1.54) is 6.42 Å². The van der Waals surface area contributed by atoms with Crippen molar-refractivity contribution in [2.45, 2.75) is 19.3 Å². The summed E-state index contributed by atoms with van der Waals surface area (Å²) in [4.78, 5) is 11.3. The van der Waals surface area contributed by atoms with Crippen molar-refractivity contribution in [3.63, 3.8) is 0 Å². The van der Waals surface area contributed by atoms with Crippen LogP contribution < -0.4 is 5.32 Å². The van der Waals surface area contributed by atoms with E-state index in [0.717, 1.165) is 55.7 Å². The number of aromatic nitrogens is 2. The van der Waals surface area contributed by atoms with Gasteiger partial charge in [0.2, 0.25) is 0 Å². The summed E-state index contributed by atoms with van der Waals surface area (Å²) in [6, 6.07) is 5.98. The van der Waals surface area contributed by atoms with Gasteiger partial charge in [-0.2, -0.15) is 0 Å². The summed E-state index contributed by atoms with van der Waals surface area (Å²) in [5.74, 6) is 1.33. The van der Waals surface area contributed by atoms with Crippen LogP contribution >= 0.6 is 0 Å². The van der Waals surface area contributed by atoms with Gasteiger partial charge in [0.05, 0.1) is 0 Å². The van der Waals surface area contributed by atoms with Crippen molar-refractivity contribution < 1.29 is 5.11 Å². The molecule has 3 heterocycles. The van der Waals surface area contributed by atoms with Gasteiger partial charge in [-0.05, 0) is 50.4 Å². The van der Waals surface area contributed by atoms with Crippen molar-refractivity contribution in [2.75, 3.05) is 38.1 Å². The van der Waals surface area contributed by atoms with Crippen molar-refractivity contribution >= 4 is 16.7 Å². The highest BCUT2D eigenvalue weighted by molar-refractivity contribution is 5.87. The maximum atomic E-state index is 9.28. The van der Waals surface area contributed by atoms with Gasteiger partial charge >= 0.3 is 0 Å². The Kier molecular flexibility index (Phi) is 5.19. The number of aliphatic hydroxyl groups is 1. The minimum Gasteiger partial charge on any atom is -0.396 e. The number of piperidine rings is 1. The van der Waals surface area contributed by atoms with E-state index >= 15 is 0 Å². The highest BCUT2D eigenvalue weighted by atomic mass is 16.3. The maximum absolute atomic E-state index is 9.28. The van der Waals surface area contributed by atoms with Crippen LogP contribution in [0.2, 0.25) is 0 Å². The Morgan fingerprint density at radius 1 is 1.27 bits per heavy atom. The molecule has 0 saturated carbocycles. The van der Waals surface area contributed by atoms with Crippen LogP contribution in [-0.2, 0) is 0 Å². The Labute approximate surface area is 131 Å². The average molecular weight is 300 g/mol. The Balaban J connectivity index is 1.48. The van der Waals surface area contributed by atoms with Crippen LogP contribution in [0.15, 0.2) is 30.6 Å². The van der Waals surface area contributed by atoms with Crippen LogP contribution in [0.1, 0.15) is 19.3 Å². The monoisotopic (exact) mass is 300 g/mol. The molecular formula is C17H24N4O. The smallest absolute Gasteiger partial charge is 0.152 e. The van der Waals surface area contributed by atoms with E-state index in [-0.39, 0.29) is 0 Å². The average Bonchev–Trinajstić information content (AvgIpc) is 2.59. The summed E-state index contributed by atoms with van der Waals surface area (Å²) in [6.45, 7) is 4.47. The van der Waals surface area contributed by atoms with Crippen molar-refractivity contribution in [2.24, 2.45) is 5.92 Å². The molecule has 1 aliphatic heterocycles. The summed E-state index contributed by atoms with van der Waals surface area (Å²) in [5.41, 5.74) is 0.934. The fourth-order valence-electron chi connectivity index (χ4n) is 3.15. The number of hydrogen-bond acceptors (Lipinski definition) is 5. The first-order valence-electron chi connectivity index (χ1n) is 8.13. The van der Waals surface area contributed by atoms with Crippen molar-refractivity contribution in [3.8, 4) is 0 Å². The van der Waals surface area contributed by atoms with Gasteiger partial charge in [0.1, 0.15) is 5.52 Å². The molecule has 1 saturated heterocycles. The molecule has 118 valence electrons. The highest BCUT2D eigenvalue weighted by Gasteiger charge is 2.18. The number of aliphatic hydroxyl groups excluding tert-OH is 1. The Hall–Kier alpha value is -1.72. The summed E-state index contributed by atoms with van der Waals surface area (Å²) >= 11 is 0. The molecule has 22 heavy (non-hydrogen) atoms. The zero-order valence-electron chi connectivity index (χ0n) is 12.9.